The smallest absolute Gasteiger partial charge is 0.271 e. The minimum absolute atomic E-state index is 0.327. The number of aromatic nitrogens is 2. The van der Waals surface area contributed by atoms with E-state index in [9.17, 15) is 8.42 Å². The van der Waals surface area contributed by atoms with Crippen molar-refractivity contribution in [3.63, 3.8) is 0 Å². The molecule has 0 radical (unpaired) electrons. The second-order valence-corrected chi connectivity index (χ2v) is 10.7. The van der Waals surface area contributed by atoms with Crippen LogP contribution in [-0.2, 0) is 16.4 Å². The van der Waals surface area contributed by atoms with Crippen molar-refractivity contribution in [3.05, 3.63) is 53.0 Å². The molecule has 4 rings (SSSR count). The summed E-state index contributed by atoms with van der Waals surface area (Å²) in [4.78, 5) is 12.5. The number of nitrogens with one attached hydrogen (secondary N) is 2. The van der Waals surface area contributed by atoms with Crippen LogP contribution in [0.4, 0.5) is 23.1 Å². The fraction of sp³-hybridized carbons (Fsp3) is 0.364. The number of benzene rings is 1. The molecule has 0 bridgehead atoms. The fourth-order valence-electron chi connectivity index (χ4n) is 3.52. The molecule has 2 aromatic heterocycles. The molecule has 3 aromatic rings. The van der Waals surface area contributed by atoms with Crippen LogP contribution in [0.3, 0.4) is 0 Å². The minimum Gasteiger partial charge on any atom is -0.341 e. The highest BCUT2D eigenvalue weighted by Crippen LogP contribution is 2.26. The maximum absolute atomic E-state index is 12.6. The zero-order valence-electron chi connectivity index (χ0n) is 17.8. The molecule has 0 spiro atoms. The lowest BCUT2D eigenvalue weighted by molar-refractivity contribution is 0.568. The number of rotatable bonds is 7. The van der Waals surface area contributed by atoms with Gasteiger partial charge >= 0.3 is 0 Å². The first-order chi connectivity index (χ1) is 14.9. The topological polar surface area (TPSA) is 87.2 Å². The number of anilines is 4. The third-order valence-corrected chi connectivity index (χ3v) is 8.24. The van der Waals surface area contributed by atoms with Gasteiger partial charge in [0.25, 0.3) is 10.0 Å². The van der Waals surface area contributed by atoms with Gasteiger partial charge in [-0.05, 0) is 69.0 Å². The van der Waals surface area contributed by atoms with E-state index in [4.69, 9.17) is 0 Å². The van der Waals surface area contributed by atoms with E-state index in [2.05, 4.69) is 24.9 Å². The number of sulfonamides is 1. The maximum Gasteiger partial charge on any atom is 0.271 e. The molecule has 0 aliphatic carbocycles. The molecule has 0 atom stereocenters. The number of piperidine rings is 1. The summed E-state index contributed by atoms with van der Waals surface area (Å²) in [5.41, 5.74) is 2.25. The molecule has 1 aliphatic heterocycles. The van der Waals surface area contributed by atoms with E-state index in [1.165, 1.54) is 30.6 Å². The normalized spacial score (nSPS) is 14.5. The Bertz CT molecular complexity index is 1140. The van der Waals surface area contributed by atoms with Crippen molar-refractivity contribution < 1.29 is 8.42 Å². The predicted octanol–water partition coefficient (Wildman–Crippen LogP) is 4.94. The van der Waals surface area contributed by atoms with E-state index >= 15 is 0 Å². The molecule has 9 heteroatoms. The Morgan fingerprint density at radius 1 is 1.00 bits per heavy atom. The molecule has 7 nitrogen and oxygen atoms in total. The summed E-state index contributed by atoms with van der Waals surface area (Å²) < 4.78 is 28.2. The molecule has 31 heavy (non-hydrogen) atoms. The van der Waals surface area contributed by atoms with E-state index in [0.29, 0.717) is 9.90 Å². The molecule has 0 saturated carbocycles. The number of thiophene rings is 1. The van der Waals surface area contributed by atoms with Gasteiger partial charge in [-0.1, -0.05) is 6.92 Å². The number of hydrogen-bond acceptors (Lipinski definition) is 7. The van der Waals surface area contributed by atoms with Crippen LogP contribution in [0, 0.1) is 6.92 Å². The van der Waals surface area contributed by atoms with Crippen LogP contribution in [0.5, 0.6) is 0 Å². The van der Waals surface area contributed by atoms with Gasteiger partial charge < -0.3 is 10.2 Å². The molecule has 0 amide bonds. The van der Waals surface area contributed by atoms with E-state index in [1.54, 1.807) is 18.2 Å². The van der Waals surface area contributed by atoms with Crippen molar-refractivity contribution in [1.29, 1.82) is 0 Å². The maximum atomic E-state index is 12.6. The molecule has 1 fully saturated rings. The molecular weight excluding hydrogens is 430 g/mol. The summed E-state index contributed by atoms with van der Waals surface area (Å²) in [5.74, 6) is 1.49. The molecule has 3 heterocycles. The Balaban J connectivity index is 1.45. The van der Waals surface area contributed by atoms with E-state index in [0.717, 1.165) is 47.5 Å². The predicted molar refractivity (Wildman–Crippen MR) is 127 cm³/mol. The van der Waals surface area contributed by atoms with Crippen molar-refractivity contribution in [2.75, 3.05) is 28.0 Å². The average Bonchev–Trinajstić information content (AvgIpc) is 3.26. The van der Waals surface area contributed by atoms with Gasteiger partial charge in [-0.2, -0.15) is 4.98 Å². The number of aryl methyl sites for hydroxylation is 2. The van der Waals surface area contributed by atoms with E-state index in [-0.39, 0.29) is 0 Å². The van der Waals surface area contributed by atoms with Gasteiger partial charge in [0, 0.05) is 41.1 Å². The summed E-state index contributed by atoms with van der Waals surface area (Å²) in [5, 5.41) is 3.30. The highest BCUT2D eigenvalue weighted by molar-refractivity contribution is 7.94. The fourth-order valence-corrected chi connectivity index (χ4v) is 5.87. The third-order valence-electron chi connectivity index (χ3n) is 5.14. The second-order valence-electron chi connectivity index (χ2n) is 7.62. The SMILES string of the molecule is CCc1ccc(S(=O)(=O)Nc2ccc(Nc3cc(C)nc(N4CCCCC4)n3)cc2)s1. The lowest BCUT2D eigenvalue weighted by Gasteiger charge is -2.27. The number of hydrogen-bond donors (Lipinski definition) is 2. The Morgan fingerprint density at radius 3 is 2.39 bits per heavy atom. The van der Waals surface area contributed by atoms with Crippen LogP contribution in [0.25, 0.3) is 0 Å². The lowest BCUT2D eigenvalue weighted by atomic mass is 10.1. The molecular formula is C22H27N5O2S2. The zero-order chi connectivity index (χ0) is 21.8. The Morgan fingerprint density at radius 2 is 1.71 bits per heavy atom. The Kier molecular flexibility index (Phi) is 6.43. The summed E-state index contributed by atoms with van der Waals surface area (Å²) in [7, 11) is -3.58. The van der Waals surface area contributed by atoms with Crippen LogP contribution in [0.1, 0.15) is 36.8 Å². The van der Waals surface area contributed by atoms with Gasteiger partial charge in [0.2, 0.25) is 5.95 Å². The summed E-state index contributed by atoms with van der Waals surface area (Å²) in [6.45, 7) is 5.95. The molecule has 2 N–H and O–H groups in total. The summed E-state index contributed by atoms with van der Waals surface area (Å²) in [6, 6.07) is 12.6. The van der Waals surface area contributed by atoms with Crippen LogP contribution in [-0.4, -0.2) is 31.5 Å². The van der Waals surface area contributed by atoms with Crippen molar-refractivity contribution in [2.24, 2.45) is 0 Å². The molecule has 1 saturated heterocycles. The average molecular weight is 458 g/mol. The first-order valence-electron chi connectivity index (χ1n) is 10.5. The van der Waals surface area contributed by atoms with Crippen molar-refractivity contribution in [1.82, 2.24) is 9.97 Å². The monoisotopic (exact) mass is 457 g/mol. The summed E-state index contributed by atoms with van der Waals surface area (Å²) in [6.07, 6.45) is 4.42. The van der Waals surface area contributed by atoms with Crippen molar-refractivity contribution in [3.8, 4) is 0 Å². The van der Waals surface area contributed by atoms with Crippen molar-refractivity contribution >= 4 is 44.5 Å². The highest BCUT2D eigenvalue weighted by atomic mass is 32.2. The first-order valence-corrected chi connectivity index (χ1v) is 12.8. The second kappa shape index (κ2) is 9.23. The zero-order valence-corrected chi connectivity index (χ0v) is 19.4. The van der Waals surface area contributed by atoms with Crippen LogP contribution in [0.2, 0.25) is 0 Å². The van der Waals surface area contributed by atoms with Gasteiger partial charge in [0.15, 0.2) is 0 Å². The Hall–Kier alpha value is -2.65. The van der Waals surface area contributed by atoms with Gasteiger partial charge in [0.1, 0.15) is 10.0 Å². The molecule has 164 valence electrons. The van der Waals surface area contributed by atoms with Gasteiger partial charge in [-0.15, -0.1) is 11.3 Å². The summed E-state index contributed by atoms with van der Waals surface area (Å²) >= 11 is 1.30. The Labute approximate surface area is 187 Å². The van der Waals surface area contributed by atoms with Crippen LogP contribution >= 0.6 is 11.3 Å². The third kappa shape index (κ3) is 5.34. The molecule has 1 aromatic carbocycles. The largest absolute Gasteiger partial charge is 0.341 e. The van der Waals surface area contributed by atoms with Gasteiger partial charge in [-0.3, -0.25) is 4.72 Å². The van der Waals surface area contributed by atoms with Crippen molar-refractivity contribution in [2.45, 2.75) is 43.7 Å². The van der Waals surface area contributed by atoms with E-state index < -0.39 is 10.0 Å². The van der Waals surface area contributed by atoms with Gasteiger partial charge in [-0.25, -0.2) is 13.4 Å². The molecule has 0 unspecified atom stereocenters. The van der Waals surface area contributed by atoms with Crippen LogP contribution in [0.15, 0.2) is 46.7 Å². The first kappa shape index (κ1) is 21.6. The molecule has 1 aliphatic rings. The van der Waals surface area contributed by atoms with Crippen LogP contribution < -0.4 is 14.9 Å². The highest BCUT2D eigenvalue weighted by Gasteiger charge is 2.17. The quantitative estimate of drug-likeness (QED) is 0.522. The van der Waals surface area contributed by atoms with Gasteiger partial charge in [0.05, 0.1) is 0 Å². The minimum atomic E-state index is -3.58. The standard InChI is InChI=1S/C22H27N5O2S2/c1-3-19-11-12-21(30-19)31(28,29)26-18-9-7-17(8-10-18)24-20-15-16(2)23-22(25-20)27-13-5-4-6-14-27/h7-12,15,26H,3-6,13-14H2,1-2H3,(H,23,24,25). The lowest BCUT2D eigenvalue weighted by Crippen LogP contribution is -2.31. The number of nitrogens with zero attached hydrogens (tertiary/aromatic N) is 3. The van der Waals surface area contributed by atoms with E-state index in [1.807, 2.05) is 38.1 Å².